The first-order valence-electron chi connectivity index (χ1n) is 6.89. The van der Waals surface area contributed by atoms with E-state index in [1.54, 1.807) is 0 Å². The van der Waals surface area contributed by atoms with Crippen molar-refractivity contribution in [2.24, 2.45) is 0 Å². The van der Waals surface area contributed by atoms with Crippen LogP contribution < -0.4 is 4.72 Å². The molecule has 6 heteroatoms. The summed E-state index contributed by atoms with van der Waals surface area (Å²) in [6, 6.07) is 4.65. The van der Waals surface area contributed by atoms with Crippen LogP contribution in [0.15, 0.2) is 29.2 Å². The third-order valence-electron chi connectivity index (χ3n) is 3.75. The summed E-state index contributed by atoms with van der Waals surface area (Å²) in [4.78, 5) is 0.0103. The number of halogens is 1. The molecule has 0 unspecified atom stereocenters. The zero-order chi connectivity index (χ0) is 14.6. The monoisotopic (exact) mass is 301 g/mol. The molecule has 1 aromatic rings. The summed E-state index contributed by atoms with van der Waals surface area (Å²) < 4.78 is 39.4. The Morgan fingerprint density at radius 1 is 1.10 bits per heavy atom. The molecule has 0 aliphatic heterocycles. The van der Waals surface area contributed by atoms with Gasteiger partial charge in [0.2, 0.25) is 10.0 Å². The van der Waals surface area contributed by atoms with Gasteiger partial charge in [-0.1, -0.05) is 25.7 Å². The average molecular weight is 301 g/mol. The Kier molecular flexibility index (Phi) is 4.78. The predicted octanol–water partition coefficient (Wildman–Crippen LogP) is 2.19. The van der Waals surface area contributed by atoms with Gasteiger partial charge in [0.15, 0.2) is 0 Å². The van der Waals surface area contributed by atoms with E-state index in [-0.39, 0.29) is 11.4 Å². The molecule has 0 bridgehead atoms. The van der Waals surface area contributed by atoms with Crippen LogP contribution in [0.25, 0.3) is 0 Å². The maximum atomic E-state index is 12.8. The first-order chi connectivity index (χ1) is 9.41. The highest BCUT2D eigenvalue weighted by atomic mass is 32.2. The van der Waals surface area contributed by atoms with Crippen LogP contribution >= 0.6 is 0 Å². The molecule has 4 nitrogen and oxygen atoms in total. The normalized spacial score (nSPS) is 19.5. The van der Waals surface area contributed by atoms with Crippen molar-refractivity contribution in [1.82, 2.24) is 4.72 Å². The van der Waals surface area contributed by atoms with E-state index in [0.29, 0.717) is 12.8 Å². The van der Waals surface area contributed by atoms with Crippen molar-refractivity contribution < 1.29 is 17.9 Å². The fraction of sp³-hybridized carbons (Fsp3) is 0.571. The van der Waals surface area contributed by atoms with Crippen LogP contribution in [0, 0.1) is 5.82 Å². The maximum absolute atomic E-state index is 12.8. The van der Waals surface area contributed by atoms with Crippen LogP contribution in [0.3, 0.4) is 0 Å². The van der Waals surface area contributed by atoms with Gasteiger partial charge in [-0.25, -0.2) is 17.5 Å². The minimum atomic E-state index is -3.70. The van der Waals surface area contributed by atoms with Crippen molar-refractivity contribution in [1.29, 1.82) is 0 Å². The standard InChI is InChI=1S/C14H20FNO3S/c15-12-5-7-13(8-6-12)20(18,19)16-11-14(17)9-3-1-2-4-10-14/h5-8,16-17H,1-4,9-11H2. The van der Waals surface area contributed by atoms with Gasteiger partial charge in [-0.2, -0.15) is 0 Å². The van der Waals surface area contributed by atoms with Crippen molar-refractivity contribution in [3.05, 3.63) is 30.1 Å². The third-order valence-corrected chi connectivity index (χ3v) is 5.17. The lowest BCUT2D eigenvalue weighted by molar-refractivity contribution is 0.0303. The molecule has 0 saturated heterocycles. The second-order valence-electron chi connectivity index (χ2n) is 5.42. The zero-order valence-electron chi connectivity index (χ0n) is 11.3. The molecular weight excluding hydrogens is 281 g/mol. The van der Waals surface area contributed by atoms with Gasteiger partial charge in [0.05, 0.1) is 10.5 Å². The average Bonchev–Trinajstić information content (AvgIpc) is 2.63. The molecule has 20 heavy (non-hydrogen) atoms. The zero-order valence-corrected chi connectivity index (χ0v) is 12.1. The van der Waals surface area contributed by atoms with E-state index < -0.39 is 21.4 Å². The largest absolute Gasteiger partial charge is 0.389 e. The fourth-order valence-electron chi connectivity index (χ4n) is 2.49. The molecule has 2 rings (SSSR count). The summed E-state index contributed by atoms with van der Waals surface area (Å²) in [6.07, 6.45) is 5.20. The van der Waals surface area contributed by atoms with Crippen molar-refractivity contribution >= 4 is 10.0 Å². The topological polar surface area (TPSA) is 66.4 Å². The summed E-state index contributed by atoms with van der Waals surface area (Å²) in [6.45, 7) is 0.00666. The number of aliphatic hydroxyl groups is 1. The Morgan fingerprint density at radius 3 is 2.20 bits per heavy atom. The first-order valence-corrected chi connectivity index (χ1v) is 8.37. The fourth-order valence-corrected chi connectivity index (χ4v) is 3.61. The number of rotatable bonds is 4. The number of hydrogen-bond acceptors (Lipinski definition) is 3. The van der Waals surface area contributed by atoms with Gasteiger partial charge < -0.3 is 5.11 Å². The Balaban J connectivity index is 2.03. The van der Waals surface area contributed by atoms with E-state index in [2.05, 4.69) is 4.72 Å². The second-order valence-corrected chi connectivity index (χ2v) is 7.18. The molecule has 0 atom stereocenters. The van der Waals surface area contributed by atoms with Crippen molar-refractivity contribution in [3.8, 4) is 0 Å². The Hall–Kier alpha value is -0.980. The molecule has 1 aliphatic rings. The minimum Gasteiger partial charge on any atom is -0.389 e. The molecule has 0 radical (unpaired) electrons. The van der Waals surface area contributed by atoms with E-state index in [4.69, 9.17) is 0 Å². The van der Waals surface area contributed by atoms with Gasteiger partial charge in [-0.15, -0.1) is 0 Å². The van der Waals surface area contributed by atoms with E-state index in [9.17, 15) is 17.9 Å². The lowest BCUT2D eigenvalue weighted by atomic mass is 9.95. The number of sulfonamides is 1. The number of nitrogens with one attached hydrogen (secondary N) is 1. The van der Waals surface area contributed by atoms with Crippen LogP contribution in [0.1, 0.15) is 38.5 Å². The highest BCUT2D eigenvalue weighted by molar-refractivity contribution is 7.89. The molecule has 0 aromatic heterocycles. The van der Waals surface area contributed by atoms with Crippen molar-refractivity contribution in [2.75, 3.05) is 6.54 Å². The molecule has 1 aromatic carbocycles. The summed E-state index contributed by atoms with van der Waals surface area (Å²) in [5.41, 5.74) is -0.969. The summed E-state index contributed by atoms with van der Waals surface area (Å²) in [5.74, 6) is -0.480. The van der Waals surface area contributed by atoms with Crippen molar-refractivity contribution in [3.63, 3.8) is 0 Å². The Labute approximate surface area is 119 Å². The third kappa shape index (κ3) is 4.01. The van der Waals surface area contributed by atoms with Gasteiger partial charge >= 0.3 is 0 Å². The predicted molar refractivity (Wildman–Crippen MR) is 74.2 cm³/mol. The SMILES string of the molecule is O=S(=O)(NCC1(O)CCCCCC1)c1ccc(F)cc1. The molecule has 0 spiro atoms. The van der Waals surface area contributed by atoms with Gasteiger partial charge in [0.1, 0.15) is 5.82 Å². The molecule has 0 amide bonds. The van der Waals surface area contributed by atoms with Crippen LogP contribution in [-0.2, 0) is 10.0 Å². The molecule has 1 fully saturated rings. The maximum Gasteiger partial charge on any atom is 0.240 e. The highest BCUT2D eigenvalue weighted by Gasteiger charge is 2.29. The molecule has 1 saturated carbocycles. The van der Waals surface area contributed by atoms with Crippen molar-refractivity contribution in [2.45, 2.75) is 49.0 Å². The number of hydrogen-bond donors (Lipinski definition) is 2. The highest BCUT2D eigenvalue weighted by Crippen LogP contribution is 2.26. The smallest absolute Gasteiger partial charge is 0.240 e. The van der Waals surface area contributed by atoms with E-state index in [1.165, 1.54) is 12.1 Å². The van der Waals surface area contributed by atoms with E-state index >= 15 is 0 Å². The molecule has 1 aliphatic carbocycles. The quantitative estimate of drug-likeness (QED) is 0.838. The second kappa shape index (κ2) is 6.20. The molecule has 0 heterocycles. The van der Waals surface area contributed by atoms with Gasteiger partial charge in [0, 0.05) is 6.54 Å². The first kappa shape index (κ1) is 15.4. The molecule has 112 valence electrons. The minimum absolute atomic E-state index is 0.00666. The van der Waals surface area contributed by atoms with Gasteiger partial charge in [-0.05, 0) is 37.1 Å². The van der Waals surface area contributed by atoms with Crippen LogP contribution in [0.5, 0.6) is 0 Å². The lowest BCUT2D eigenvalue weighted by Gasteiger charge is -2.26. The summed E-state index contributed by atoms with van der Waals surface area (Å²) in [7, 11) is -3.70. The van der Waals surface area contributed by atoms with E-state index in [0.717, 1.165) is 37.8 Å². The lowest BCUT2D eigenvalue weighted by Crippen LogP contribution is -2.42. The molecular formula is C14H20FNO3S. The summed E-state index contributed by atoms with van der Waals surface area (Å²) >= 11 is 0. The van der Waals surface area contributed by atoms with E-state index in [1.807, 2.05) is 0 Å². The Bertz CT molecular complexity index is 534. The van der Waals surface area contributed by atoms with Crippen LogP contribution in [0.2, 0.25) is 0 Å². The van der Waals surface area contributed by atoms with Gasteiger partial charge in [-0.3, -0.25) is 0 Å². The molecule has 2 N–H and O–H groups in total. The van der Waals surface area contributed by atoms with Gasteiger partial charge in [0.25, 0.3) is 0 Å². The van der Waals surface area contributed by atoms with Crippen LogP contribution in [-0.4, -0.2) is 25.7 Å². The Morgan fingerprint density at radius 2 is 1.65 bits per heavy atom. The number of benzene rings is 1. The van der Waals surface area contributed by atoms with Crippen LogP contribution in [0.4, 0.5) is 4.39 Å². The summed E-state index contributed by atoms with van der Waals surface area (Å²) in [5, 5.41) is 10.4.